The molecule has 210 valence electrons. The second-order valence-electron chi connectivity index (χ2n) is 10.1. The average molecular weight is 572 g/mol. The molecule has 0 aromatic heterocycles. The summed E-state index contributed by atoms with van der Waals surface area (Å²) in [7, 11) is -3.97. The van der Waals surface area contributed by atoms with Crippen LogP contribution in [0.25, 0.3) is 11.1 Å². The van der Waals surface area contributed by atoms with E-state index in [9.17, 15) is 29.3 Å². The van der Waals surface area contributed by atoms with Gasteiger partial charge in [-0.15, -0.1) is 0 Å². The van der Waals surface area contributed by atoms with E-state index in [0.29, 0.717) is 16.7 Å². The van der Waals surface area contributed by atoms with Crippen molar-refractivity contribution in [3.8, 4) is 11.1 Å². The first kappa shape index (κ1) is 28.3. The van der Waals surface area contributed by atoms with Crippen LogP contribution in [0.4, 0.5) is 4.79 Å². The summed E-state index contributed by atoms with van der Waals surface area (Å²) in [5, 5.41) is 22.6. The van der Waals surface area contributed by atoms with Crippen molar-refractivity contribution in [2.45, 2.75) is 30.4 Å². The SMILES string of the molecule is O=C(N[C@@H](Cc1ccc(CP(=O)(O)C(O)c2ccccc2)cc1)C(=O)O)OCC1c2ccccc2-c2ccccc21. The second kappa shape index (κ2) is 12.1. The Balaban J connectivity index is 1.19. The number of carbonyl (C=O) groups excluding carboxylic acids is 1. The van der Waals surface area contributed by atoms with Gasteiger partial charge in [-0.1, -0.05) is 103 Å². The van der Waals surface area contributed by atoms with Gasteiger partial charge in [0.1, 0.15) is 12.6 Å². The molecular formula is C32H30NO7P. The second-order valence-corrected chi connectivity index (χ2v) is 12.4. The Hall–Kier alpha value is -4.23. The van der Waals surface area contributed by atoms with E-state index in [-0.39, 0.29) is 25.1 Å². The Morgan fingerprint density at radius 3 is 1.93 bits per heavy atom. The normalized spacial score (nSPS) is 15.2. The van der Waals surface area contributed by atoms with Crippen LogP contribution in [0.2, 0.25) is 0 Å². The molecule has 2 unspecified atom stereocenters. The number of amides is 1. The molecule has 1 amide bonds. The van der Waals surface area contributed by atoms with E-state index in [1.54, 1.807) is 54.6 Å². The summed E-state index contributed by atoms with van der Waals surface area (Å²) in [6.07, 6.45) is -1.08. The molecular weight excluding hydrogens is 541 g/mol. The molecule has 0 saturated heterocycles. The van der Waals surface area contributed by atoms with Crippen molar-refractivity contribution in [1.29, 1.82) is 0 Å². The van der Waals surface area contributed by atoms with Gasteiger partial charge in [-0.2, -0.15) is 0 Å². The number of nitrogens with one attached hydrogen (secondary N) is 1. The van der Waals surface area contributed by atoms with Crippen molar-refractivity contribution in [1.82, 2.24) is 5.32 Å². The van der Waals surface area contributed by atoms with Gasteiger partial charge in [-0.3, -0.25) is 4.57 Å². The summed E-state index contributed by atoms with van der Waals surface area (Å²) >= 11 is 0. The molecule has 5 rings (SSSR count). The van der Waals surface area contributed by atoms with Gasteiger partial charge in [0.2, 0.25) is 7.37 Å². The van der Waals surface area contributed by atoms with Crippen molar-refractivity contribution < 1.29 is 34.0 Å². The first-order valence-corrected chi connectivity index (χ1v) is 15.1. The maximum Gasteiger partial charge on any atom is 0.407 e. The van der Waals surface area contributed by atoms with Crippen LogP contribution < -0.4 is 5.32 Å². The lowest BCUT2D eigenvalue weighted by molar-refractivity contribution is -0.139. The summed E-state index contributed by atoms with van der Waals surface area (Å²) in [5.74, 6) is -2.87. The fourth-order valence-electron chi connectivity index (χ4n) is 5.21. The van der Waals surface area contributed by atoms with Gasteiger partial charge in [-0.05, 0) is 38.9 Å². The van der Waals surface area contributed by atoms with Crippen molar-refractivity contribution in [3.05, 3.63) is 131 Å². The van der Waals surface area contributed by atoms with E-state index < -0.39 is 31.3 Å². The highest BCUT2D eigenvalue weighted by atomic mass is 31.2. The third-order valence-corrected chi connectivity index (χ3v) is 9.17. The third kappa shape index (κ3) is 6.41. The Kier molecular flexibility index (Phi) is 8.36. The van der Waals surface area contributed by atoms with Gasteiger partial charge >= 0.3 is 12.1 Å². The Morgan fingerprint density at radius 1 is 0.805 bits per heavy atom. The van der Waals surface area contributed by atoms with Crippen LogP contribution in [-0.2, 0) is 26.7 Å². The number of hydrogen-bond acceptors (Lipinski definition) is 5. The minimum Gasteiger partial charge on any atom is -0.480 e. The van der Waals surface area contributed by atoms with E-state index in [0.717, 1.165) is 22.3 Å². The Morgan fingerprint density at radius 2 is 1.34 bits per heavy atom. The van der Waals surface area contributed by atoms with Crippen molar-refractivity contribution in [2.24, 2.45) is 0 Å². The van der Waals surface area contributed by atoms with Gasteiger partial charge in [0.15, 0.2) is 5.85 Å². The van der Waals surface area contributed by atoms with Crippen LogP contribution in [0.1, 0.15) is 39.6 Å². The van der Waals surface area contributed by atoms with E-state index in [1.165, 1.54) is 0 Å². The molecule has 4 aromatic carbocycles. The minimum absolute atomic E-state index is 0.0107. The lowest BCUT2D eigenvalue weighted by atomic mass is 9.98. The van der Waals surface area contributed by atoms with Crippen LogP contribution in [0.3, 0.4) is 0 Å². The molecule has 0 heterocycles. The lowest BCUT2D eigenvalue weighted by Crippen LogP contribution is -2.42. The molecule has 4 aromatic rings. The van der Waals surface area contributed by atoms with Gasteiger partial charge < -0.3 is 25.2 Å². The van der Waals surface area contributed by atoms with E-state index in [2.05, 4.69) is 5.32 Å². The summed E-state index contributed by atoms with van der Waals surface area (Å²) in [4.78, 5) is 35.0. The molecule has 0 fully saturated rings. The number of carboxylic acids is 1. The number of carboxylic acid groups (broad SMARTS) is 1. The summed E-state index contributed by atoms with van der Waals surface area (Å²) in [5.41, 5.74) is 5.79. The van der Waals surface area contributed by atoms with E-state index >= 15 is 0 Å². The topological polar surface area (TPSA) is 133 Å². The lowest BCUT2D eigenvalue weighted by Gasteiger charge is -2.19. The first-order chi connectivity index (χ1) is 19.7. The standard InChI is InChI=1S/C32H30NO7P/c34-30(35)29(18-21-14-16-22(17-15-21)20-41(38,39)31(36)23-8-2-1-3-9-23)33-32(37)40-19-28-26-12-6-4-10-24(26)25-11-5-7-13-27(25)28/h1-17,28-29,31,36H,18-20H2,(H,33,37)(H,34,35)(H,38,39)/t29-,31?/m0/s1. The molecule has 4 N–H and O–H groups in total. The summed E-state index contributed by atoms with van der Waals surface area (Å²) < 4.78 is 18.3. The monoisotopic (exact) mass is 571 g/mol. The molecule has 0 spiro atoms. The van der Waals surface area contributed by atoms with Gasteiger partial charge in [0.05, 0.1) is 6.16 Å². The number of rotatable bonds is 10. The maximum atomic E-state index is 12.8. The quantitative estimate of drug-likeness (QED) is 0.180. The number of carbonyl (C=O) groups is 2. The third-order valence-electron chi connectivity index (χ3n) is 7.29. The minimum atomic E-state index is -3.97. The van der Waals surface area contributed by atoms with Crippen LogP contribution in [0.5, 0.6) is 0 Å². The molecule has 9 heteroatoms. The fraction of sp³-hybridized carbons (Fsp3) is 0.188. The summed E-state index contributed by atoms with van der Waals surface area (Å²) in [6, 6.07) is 29.4. The number of ether oxygens (including phenoxy) is 1. The van der Waals surface area contributed by atoms with Crippen molar-refractivity contribution >= 4 is 19.4 Å². The van der Waals surface area contributed by atoms with E-state index in [4.69, 9.17) is 4.74 Å². The number of aliphatic hydroxyl groups is 1. The largest absolute Gasteiger partial charge is 0.480 e. The molecule has 0 bridgehead atoms. The molecule has 0 aliphatic heterocycles. The summed E-state index contributed by atoms with van der Waals surface area (Å²) in [6.45, 7) is 0.0664. The average Bonchev–Trinajstić information content (AvgIpc) is 3.30. The molecule has 3 atom stereocenters. The van der Waals surface area contributed by atoms with Crippen LogP contribution in [0.15, 0.2) is 103 Å². The predicted molar refractivity (Wildman–Crippen MR) is 155 cm³/mol. The highest BCUT2D eigenvalue weighted by Gasteiger charge is 2.31. The number of aliphatic hydroxyl groups excluding tert-OH is 1. The Labute approximate surface area is 237 Å². The number of hydrogen-bond donors (Lipinski definition) is 4. The van der Waals surface area contributed by atoms with Gasteiger partial charge in [0, 0.05) is 12.3 Å². The number of fused-ring (bicyclic) bond motifs is 3. The molecule has 0 saturated carbocycles. The van der Waals surface area contributed by atoms with Crippen LogP contribution in [-0.4, -0.2) is 39.8 Å². The zero-order valence-corrected chi connectivity index (χ0v) is 23.0. The number of aliphatic carboxylic acids is 1. The molecule has 8 nitrogen and oxygen atoms in total. The van der Waals surface area contributed by atoms with Crippen LogP contribution in [0, 0.1) is 0 Å². The number of benzene rings is 4. The number of alkyl carbamates (subject to hydrolysis) is 1. The van der Waals surface area contributed by atoms with Gasteiger partial charge in [0.25, 0.3) is 0 Å². The van der Waals surface area contributed by atoms with Crippen molar-refractivity contribution in [3.63, 3.8) is 0 Å². The van der Waals surface area contributed by atoms with E-state index in [1.807, 2.05) is 48.5 Å². The fourth-order valence-corrected chi connectivity index (χ4v) is 6.75. The molecule has 0 radical (unpaired) electrons. The zero-order valence-electron chi connectivity index (χ0n) is 22.1. The van der Waals surface area contributed by atoms with Gasteiger partial charge in [-0.25, -0.2) is 9.59 Å². The Bertz CT molecular complexity index is 1540. The van der Waals surface area contributed by atoms with Crippen LogP contribution >= 0.6 is 7.37 Å². The van der Waals surface area contributed by atoms with Crippen molar-refractivity contribution in [2.75, 3.05) is 6.61 Å². The maximum absolute atomic E-state index is 12.8. The first-order valence-electron chi connectivity index (χ1n) is 13.2. The zero-order chi connectivity index (χ0) is 29.0. The molecule has 1 aliphatic carbocycles. The smallest absolute Gasteiger partial charge is 0.407 e. The molecule has 1 aliphatic rings. The molecule has 41 heavy (non-hydrogen) atoms. The highest BCUT2D eigenvalue weighted by Crippen LogP contribution is 2.56. The highest BCUT2D eigenvalue weighted by molar-refractivity contribution is 7.57. The predicted octanol–water partition coefficient (Wildman–Crippen LogP) is 5.68.